The fourth-order valence-corrected chi connectivity index (χ4v) is 5.31. The smallest absolute Gasteiger partial charge is 0.475 e. The highest BCUT2D eigenvalue weighted by Gasteiger charge is 2.40. The molecule has 2 aromatic rings. The Morgan fingerprint density at radius 1 is 0.907 bits per heavy atom. The molecule has 5 rings (SSSR count). The molecule has 1 aliphatic carbocycles. The lowest BCUT2D eigenvalue weighted by atomic mass is 9.73. The summed E-state index contributed by atoms with van der Waals surface area (Å²) in [6.07, 6.45) is 2.57. The third-order valence-corrected chi connectivity index (χ3v) is 7.65. The molecule has 4 heterocycles. The van der Waals surface area contributed by atoms with Crippen LogP contribution in [0.5, 0.6) is 0 Å². The Bertz CT molecular complexity index is 1220. The fourth-order valence-electron chi connectivity index (χ4n) is 5.31. The Hall–Kier alpha value is -3.76. The van der Waals surface area contributed by atoms with Gasteiger partial charge < -0.3 is 20.1 Å². The van der Waals surface area contributed by atoms with Crippen molar-refractivity contribution in [3.63, 3.8) is 0 Å². The summed E-state index contributed by atoms with van der Waals surface area (Å²) in [4.78, 5) is 37.3. The number of carboxylic acids is 2. The number of piperidine rings is 1. The van der Waals surface area contributed by atoms with Crippen molar-refractivity contribution in [3.05, 3.63) is 41.7 Å². The topological polar surface area (TPSA) is 151 Å². The van der Waals surface area contributed by atoms with Crippen molar-refractivity contribution in [2.24, 2.45) is 5.41 Å². The predicted molar refractivity (Wildman–Crippen MR) is 137 cm³/mol. The number of fused-ring (bicyclic) bond motifs is 1. The van der Waals surface area contributed by atoms with Crippen molar-refractivity contribution in [3.8, 4) is 0 Å². The first-order valence-corrected chi connectivity index (χ1v) is 13.5. The molecule has 238 valence electrons. The predicted octanol–water partition coefficient (Wildman–Crippen LogP) is 3.84. The van der Waals surface area contributed by atoms with Gasteiger partial charge in [0.05, 0.1) is 0 Å². The Labute approximate surface area is 242 Å². The van der Waals surface area contributed by atoms with Crippen molar-refractivity contribution in [1.29, 1.82) is 0 Å². The van der Waals surface area contributed by atoms with E-state index in [0.717, 1.165) is 57.7 Å². The van der Waals surface area contributed by atoms with Crippen LogP contribution in [-0.2, 0) is 29.1 Å². The molecule has 2 aliphatic heterocycles. The molecule has 2 fully saturated rings. The number of nitrogens with zero attached hydrogens (tertiary/aromatic N) is 5. The Morgan fingerprint density at radius 3 is 1.95 bits per heavy atom. The second kappa shape index (κ2) is 14.1. The number of hydrogen-bond donors (Lipinski definition) is 3. The molecule has 0 radical (unpaired) electrons. The molecule has 0 unspecified atom stereocenters. The zero-order valence-electron chi connectivity index (χ0n) is 23.0. The number of hydrogen-bond acceptors (Lipinski definition) is 7. The largest absolute Gasteiger partial charge is 0.490 e. The molecule has 2 aromatic heterocycles. The van der Waals surface area contributed by atoms with E-state index in [1.54, 1.807) is 0 Å². The molecular formula is C26H32F6N6O5. The highest BCUT2D eigenvalue weighted by atomic mass is 19.4. The van der Waals surface area contributed by atoms with Crippen molar-refractivity contribution in [1.82, 2.24) is 30.0 Å². The highest BCUT2D eigenvalue weighted by Crippen LogP contribution is 2.41. The lowest BCUT2D eigenvalue weighted by molar-refractivity contribution is -0.193. The first-order valence-electron chi connectivity index (χ1n) is 13.5. The standard InChI is InChI=1S/C22H30N6O.2C2HF3O2/c29-21(24-18-3-1-2-4-18)20-26-25-19-5-8-22(16-28(19)20)9-13-27(14-10-22)15-17-6-11-23-12-7-17;2*3-2(4,5)1(6)7/h6-7,11-12,18H,1-5,8-10,13-16H2,(H,24,29);2*(H,6,7). The van der Waals surface area contributed by atoms with Gasteiger partial charge in [-0.15, -0.1) is 10.2 Å². The number of aryl methyl sites for hydroxylation is 1. The summed E-state index contributed by atoms with van der Waals surface area (Å²) in [7, 11) is 0. The van der Waals surface area contributed by atoms with Crippen LogP contribution in [0.4, 0.5) is 26.3 Å². The van der Waals surface area contributed by atoms with E-state index in [1.165, 1.54) is 31.2 Å². The van der Waals surface area contributed by atoms with Crippen LogP contribution in [0.3, 0.4) is 0 Å². The van der Waals surface area contributed by atoms with E-state index in [9.17, 15) is 31.1 Å². The first kappa shape index (κ1) is 33.7. The SMILES string of the molecule is O=C(NC1CCCC1)c1nnc2n1CC1(CC2)CCN(Cc2ccncc2)CC1.O=C(O)C(F)(F)F.O=C(O)C(F)(F)F. The molecule has 0 bridgehead atoms. The van der Waals surface area contributed by atoms with Crippen LogP contribution in [0.2, 0.25) is 0 Å². The maximum Gasteiger partial charge on any atom is 0.490 e. The number of carbonyl (C=O) groups is 3. The van der Waals surface area contributed by atoms with Gasteiger partial charge in [0.2, 0.25) is 5.82 Å². The molecule has 1 saturated heterocycles. The second-order valence-electron chi connectivity index (χ2n) is 10.7. The van der Waals surface area contributed by atoms with E-state index in [-0.39, 0.29) is 11.3 Å². The van der Waals surface area contributed by atoms with Gasteiger partial charge in [-0.2, -0.15) is 26.3 Å². The lowest BCUT2D eigenvalue weighted by Gasteiger charge is -2.44. The normalized spacial score (nSPS) is 18.5. The van der Waals surface area contributed by atoms with Gasteiger partial charge in [-0.1, -0.05) is 12.8 Å². The molecule has 17 heteroatoms. The monoisotopic (exact) mass is 622 g/mol. The summed E-state index contributed by atoms with van der Waals surface area (Å²) in [5.41, 5.74) is 1.60. The third kappa shape index (κ3) is 9.90. The van der Waals surface area contributed by atoms with Crippen LogP contribution >= 0.6 is 0 Å². The van der Waals surface area contributed by atoms with Crippen LogP contribution in [0.1, 0.15) is 67.0 Å². The summed E-state index contributed by atoms with van der Waals surface area (Å²) in [5, 5.41) is 26.0. The number of amides is 1. The van der Waals surface area contributed by atoms with Crippen LogP contribution < -0.4 is 5.32 Å². The van der Waals surface area contributed by atoms with E-state index in [2.05, 4.69) is 42.1 Å². The van der Waals surface area contributed by atoms with Crippen LogP contribution in [-0.4, -0.2) is 84.2 Å². The summed E-state index contributed by atoms with van der Waals surface area (Å²) >= 11 is 0. The summed E-state index contributed by atoms with van der Waals surface area (Å²) in [6, 6.07) is 4.51. The average Bonchev–Trinajstić information content (AvgIpc) is 3.60. The zero-order chi connectivity index (χ0) is 31.8. The van der Waals surface area contributed by atoms with Gasteiger partial charge in [-0.25, -0.2) is 9.59 Å². The molecule has 1 saturated carbocycles. The average molecular weight is 623 g/mol. The van der Waals surface area contributed by atoms with Crippen LogP contribution in [0, 0.1) is 5.41 Å². The second-order valence-corrected chi connectivity index (χ2v) is 10.7. The van der Waals surface area contributed by atoms with E-state index < -0.39 is 24.3 Å². The summed E-state index contributed by atoms with van der Waals surface area (Å²) in [6.45, 7) is 4.07. The molecule has 1 amide bonds. The maximum atomic E-state index is 12.8. The summed E-state index contributed by atoms with van der Waals surface area (Å²) in [5.74, 6) is -4.06. The number of carbonyl (C=O) groups excluding carboxylic acids is 1. The highest BCUT2D eigenvalue weighted by molar-refractivity contribution is 5.91. The molecule has 43 heavy (non-hydrogen) atoms. The maximum absolute atomic E-state index is 12.8. The number of pyridine rings is 1. The van der Waals surface area contributed by atoms with Gasteiger partial charge in [-0.3, -0.25) is 14.7 Å². The first-order chi connectivity index (χ1) is 20.1. The third-order valence-electron chi connectivity index (χ3n) is 7.65. The number of nitrogens with one attached hydrogen (secondary N) is 1. The molecule has 3 N–H and O–H groups in total. The van der Waals surface area contributed by atoms with Crippen molar-refractivity contribution < 1.29 is 50.9 Å². The van der Waals surface area contributed by atoms with E-state index in [0.29, 0.717) is 11.9 Å². The minimum absolute atomic E-state index is 0.0391. The molecular weight excluding hydrogens is 590 g/mol. The number of alkyl halides is 6. The van der Waals surface area contributed by atoms with Crippen LogP contribution in [0.25, 0.3) is 0 Å². The van der Waals surface area contributed by atoms with Gasteiger partial charge in [-0.05, 0) is 68.3 Å². The fraction of sp³-hybridized carbons (Fsp3) is 0.615. The molecule has 11 nitrogen and oxygen atoms in total. The molecule has 3 aliphatic rings. The molecule has 0 aromatic carbocycles. The Morgan fingerprint density at radius 2 is 1.44 bits per heavy atom. The molecule has 0 atom stereocenters. The van der Waals surface area contributed by atoms with Crippen LogP contribution in [0.15, 0.2) is 24.5 Å². The lowest BCUT2D eigenvalue weighted by Crippen LogP contribution is -2.45. The van der Waals surface area contributed by atoms with E-state index >= 15 is 0 Å². The van der Waals surface area contributed by atoms with E-state index in [1.807, 2.05) is 12.4 Å². The number of likely N-dealkylation sites (tertiary alicyclic amines) is 1. The van der Waals surface area contributed by atoms with Gasteiger partial charge in [0.25, 0.3) is 5.91 Å². The minimum atomic E-state index is -5.08. The van der Waals surface area contributed by atoms with Gasteiger partial charge in [0.1, 0.15) is 5.82 Å². The number of aliphatic carboxylic acids is 2. The van der Waals surface area contributed by atoms with Gasteiger partial charge >= 0.3 is 24.3 Å². The number of halogens is 6. The quantitative estimate of drug-likeness (QED) is 0.432. The van der Waals surface area contributed by atoms with Gasteiger partial charge in [0, 0.05) is 37.9 Å². The Balaban J connectivity index is 0.000000303. The van der Waals surface area contributed by atoms with E-state index in [4.69, 9.17) is 19.8 Å². The zero-order valence-corrected chi connectivity index (χ0v) is 23.0. The summed E-state index contributed by atoms with van der Waals surface area (Å²) < 4.78 is 65.6. The van der Waals surface area contributed by atoms with Gasteiger partial charge in [0.15, 0.2) is 0 Å². The van der Waals surface area contributed by atoms with Crippen molar-refractivity contribution >= 4 is 17.8 Å². The van der Waals surface area contributed by atoms with Crippen molar-refractivity contribution in [2.45, 2.75) is 82.9 Å². The minimum Gasteiger partial charge on any atom is -0.475 e. The molecule has 1 spiro atoms. The Kier molecular flexibility index (Phi) is 11.1. The van der Waals surface area contributed by atoms with Crippen molar-refractivity contribution in [2.75, 3.05) is 13.1 Å². The number of rotatable bonds is 4. The number of aromatic nitrogens is 4. The number of carboxylic acid groups (broad SMARTS) is 2.